The van der Waals surface area contributed by atoms with Gasteiger partial charge < -0.3 is 10.3 Å². The highest BCUT2D eigenvalue weighted by atomic mass is 19.4. The largest absolute Gasteiger partial charge is 0.389 e. The van der Waals surface area contributed by atoms with Crippen molar-refractivity contribution in [1.29, 1.82) is 0 Å². The van der Waals surface area contributed by atoms with Crippen molar-refractivity contribution in [2.75, 3.05) is 5.73 Å². The van der Waals surface area contributed by atoms with E-state index in [-0.39, 0.29) is 18.1 Å². The molecule has 9 heteroatoms. The van der Waals surface area contributed by atoms with Crippen molar-refractivity contribution in [3.63, 3.8) is 0 Å². The average molecular weight is 261 g/mol. The highest BCUT2D eigenvalue weighted by molar-refractivity contribution is 5.66. The summed E-state index contributed by atoms with van der Waals surface area (Å²) in [7, 11) is 1.62. The molecule has 0 bridgehead atoms. The van der Waals surface area contributed by atoms with Gasteiger partial charge in [-0.3, -0.25) is 4.68 Å². The lowest BCUT2D eigenvalue weighted by molar-refractivity contribution is -0.134. The van der Waals surface area contributed by atoms with E-state index in [1.165, 1.54) is 10.9 Å². The molecule has 0 aliphatic rings. The molecule has 18 heavy (non-hydrogen) atoms. The molecule has 0 unspecified atom stereocenters. The summed E-state index contributed by atoms with van der Waals surface area (Å²) in [6.45, 7) is 0. The number of anilines is 1. The fourth-order valence-corrected chi connectivity index (χ4v) is 1.33. The first-order chi connectivity index (χ1) is 8.37. The molecule has 2 rings (SSSR count). The topological polar surface area (TPSA) is 82.8 Å². The monoisotopic (exact) mass is 261 g/mol. The van der Waals surface area contributed by atoms with Gasteiger partial charge in [0, 0.05) is 13.5 Å². The van der Waals surface area contributed by atoms with Crippen molar-refractivity contribution in [3.8, 4) is 11.5 Å². The maximum Gasteiger partial charge on any atom is 0.389 e. The SMILES string of the molecule is Cn1ncc(-c2nc(CCC(F)(F)F)no2)c1N. The Kier molecular flexibility index (Phi) is 2.97. The number of nitrogen functional groups attached to an aromatic ring is 1. The van der Waals surface area contributed by atoms with Crippen LogP contribution in [0.5, 0.6) is 0 Å². The number of hydrogen-bond acceptors (Lipinski definition) is 5. The number of aryl methyl sites for hydroxylation is 2. The average Bonchev–Trinajstić information content (AvgIpc) is 2.84. The van der Waals surface area contributed by atoms with Crippen LogP contribution in [0, 0.1) is 0 Å². The zero-order valence-corrected chi connectivity index (χ0v) is 9.40. The van der Waals surface area contributed by atoms with E-state index in [0.717, 1.165) is 0 Å². The Morgan fingerprint density at radius 2 is 2.17 bits per heavy atom. The van der Waals surface area contributed by atoms with Crippen molar-refractivity contribution >= 4 is 5.82 Å². The van der Waals surface area contributed by atoms with Crippen LogP contribution in [-0.4, -0.2) is 26.1 Å². The zero-order chi connectivity index (χ0) is 13.3. The molecule has 0 spiro atoms. The summed E-state index contributed by atoms with van der Waals surface area (Å²) in [4.78, 5) is 3.85. The Hall–Kier alpha value is -2.06. The number of rotatable bonds is 3. The van der Waals surface area contributed by atoms with Crippen molar-refractivity contribution in [2.24, 2.45) is 7.05 Å². The molecule has 0 fully saturated rings. The van der Waals surface area contributed by atoms with Crippen LogP contribution in [0.3, 0.4) is 0 Å². The van der Waals surface area contributed by atoms with Gasteiger partial charge in [-0.1, -0.05) is 5.16 Å². The van der Waals surface area contributed by atoms with Crippen LogP contribution in [0.4, 0.5) is 19.0 Å². The predicted molar refractivity (Wildman–Crippen MR) is 55.3 cm³/mol. The van der Waals surface area contributed by atoms with E-state index in [4.69, 9.17) is 10.3 Å². The standard InChI is InChI=1S/C9H10F3N5O/c1-17-7(13)5(4-14-17)8-15-6(16-18-8)2-3-9(10,11)12/h4H,2-3,13H2,1H3. The molecule has 0 aliphatic heterocycles. The molecule has 0 saturated heterocycles. The molecule has 0 amide bonds. The molecule has 98 valence electrons. The molecule has 2 N–H and O–H groups in total. The van der Waals surface area contributed by atoms with Crippen LogP contribution in [0.25, 0.3) is 11.5 Å². The Morgan fingerprint density at radius 3 is 2.72 bits per heavy atom. The zero-order valence-electron chi connectivity index (χ0n) is 9.40. The summed E-state index contributed by atoms with van der Waals surface area (Å²) in [6, 6.07) is 0. The Balaban J connectivity index is 2.13. The molecule has 0 aromatic carbocycles. The smallest absolute Gasteiger partial charge is 0.383 e. The van der Waals surface area contributed by atoms with E-state index in [9.17, 15) is 13.2 Å². The number of halogens is 3. The van der Waals surface area contributed by atoms with Gasteiger partial charge >= 0.3 is 6.18 Å². The summed E-state index contributed by atoms with van der Waals surface area (Å²) >= 11 is 0. The number of nitrogens with two attached hydrogens (primary N) is 1. The van der Waals surface area contributed by atoms with Gasteiger partial charge in [0.2, 0.25) is 0 Å². The van der Waals surface area contributed by atoms with E-state index in [1.807, 2.05) is 0 Å². The lowest BCUT2D eigenvalue weighted by atomic mass is 10.3. The van der Waals surface area contributed by atoms with Gasteiger partial charge in [0.15, 0.2) is 5.82 Å². The molecule has 2 aromatic rings. The lowest BCUT2D eigenvalue weighted by Gasteiger charge is -2.01. The molecule has 0 radical (unpaired) electrons. The quantitative estimate of drug-likeness (QED) is 0.906. The van der Waals surface area contributed by atoms with Gasteiger partial charge in [0.25, 0.3) is 5.89 Å². The maximum absolute atomic E-state index is 12.0. The van der Waals surface area contributed by atoms with Gasteiger partial charge in [-0.2, -0.15) is 23.3 Å². The van der Waals surface area contributed by atoms with E-state index < -0.39 is 12.6 Å². The minimum atomic E-state index is -4.24. The first kappa shape index (κ1) is 12.4. The Morgan fingerprint density at radius 1 is 1.44 bits per heavy atom. The van der Waals surface area contributed by atoms with Crippen molar-refractivity contribution in [2.45, 2.75) is 19.0 Å². The summed E-state index contributed by atoms with van der Waals surface area (Å²) in [6.07, 6.45) is -4.15. The third-order valence-corrected chi connectivity index (χ3v) is 2.32. The molecule has 2 heterocycles. The fourth-order valence-electron chi connectivity index (χ4n) is 1.33. The fraction of sp³-hybridized carbons (Fsp3) is 0.444. The Labute approximate surface area is 99.6 Å². The van der Waals surface area contributed by atoms with Crippen LogP contribution in [0.1, 0.15) is 12.2 Å². The molecular weight excluding hydrogens is 251 g/mol. The maximum atomic E-state index is 12.0. The van der Waals surface area contributed by atoms with Crippen molar-refractivity contribution in [1.82, 2.24) is 19.9 Å². The van der Waals surface area contributed by atoms with Crippen LogP contribution < -0.4 is 5.73 Å². The third-order valence-electron chi connectivity index (χ3n) is 2.32. The molecular formula is C9H10F3N5O. The highest BCUT2D eigenvalue weighted by Crippen LogP contribution is 2.25. The Bertz CT molecular complexity index is 545. The normalized spacial score (nSPS) is 12.0. The third kappa shape index (κ3) is 2.60. The second-order valence-electron chi connectivity index (χ2n) is 3.70. The van der Waals surface area contributed by atoms with E-state index in [2.05, 4.69) is 15.2 Å². The summed E-state index contributed by atoms with van der Waals surface area (Å²) in [5, 5.41) is 7.34. The molecule has 0 atom stereocenters. The van der Waals surface area contributed by atoms with Gasteiger partial charge in [-0.25, -0.2) is 0 Å². The van der Waals surface area contributed by atoms with Crippen LogP contribution in [-0.2, 0) is 13.5 Å². The first-order valence-corrected chi connectivity index (χ1v) is 5.04. The van der Waals surface area contributed by atoms with Crippen LogP contribution in [0.2, 0.25) is 0 Å². The van der Waals surface area contributed by atoms with Gasteiger partial charge in [0.1, 0.15) is 11.4 Å². The number of aromatic nitrogens is 4. The second kappa shape index (κ2) is 4.31. The van der Waals surface area contributed by atoms with Crippen LogP contribution >= 0.6 is 0 Å². The number of hydrogen-bond donors (Lipinski definition) is 1. The van der Waals surface area contributed by atoms with E-state index >= 15 is 0 Å². The second-order valence-corrected chi connectivity index (χ2v) is 3.70. The lowest BCUT2D eigenvalue weighted by Crippen LogP contribution is -2.09. The molecule has 2 aromatic heterocycles. The summed E-state index contributed by atoms with van der Waals surface area (Å²) < 4.78 is 42.3. The number of nitrogens with zero attached hydrogens (tertiary/aromatic N) is 4. The number of alkyl halides is 3. The minimum absolute atomic E-state index is 0.00872. The first-order valence-electron chi connectivity index (χ1n) is 5.04. The molecule has 0 aliphatic carbocycles. The van der Waals surface area contributed by atoms with E-state index in [0.29, 0.717) is 11.4 Å². The predicted octanol–water partition coefficient (Wildman–Crippen LogP) is 1.55. The van der Waals surface area contributed by atoms with Crippen molar-refractivity contribution in [3.05, 3.63) is 12.0 Å². The minimum Gasteiger partial charge on any atom is -0.383 e. The van der Waals surface area contributed by atoms with Gasteiger partial charge in [-0.05, 0) is 0 Å². The van der Waals surface area contributed by atoms with Crippen LogP contribution in [0.15, 0.2) is 10.7 Å². The van der Waals surface area contributed by atoms with Crippen molar-refractivity contribution < 1.29 is 17.7 Å². The van der Waals surface area contributed by atoms with Gasteiger partial charge in [0.05, 0.1) is 12.6 Å². The summed E-state index contributed by atoms with van der Waals surface area (Å²) in [5.74, 6) is 0.365. The highest BCUT2D eigenvalue weighted by Gasteiger charge is 2.28. The molecule has 0 saturated carbocycles. The van der Waals surface area contributed by atoms with E-state index in [1.54, 1.807) is 7.05 Å². The summed E-state index contributed by atoms with van der Waals surface area (Å²) in [5.41, 5.74) is 6.09. The van der Waals surface area contributed by atoms with Gasteiger partial charge in [-0.15, -0.1) is 0 Å². The molecule has 6 nitrogen and oxygen atoms in total.